The van der Waals surface area contributed by atoms with Crippen LogP contribution in [0.25, 0.3) is 0 Å². The van der Waals surface area contributed by atoms with Crippen molar-refractivity contribution in [1.29, 1.82) is 0 Å². The van der Waals surface area contributed by atoms with E-state index in [1.807, 2.05) is 5.01 Å². The van der Waals surface area contributed by atoms with Crippen LogP contribution in [-0.4, -0.2) is 36.1 Å². The Labute approximate surface area is 84.0 Å². The van der Waals surface area contributed by atoms with Gasteiger partial charge in [0, 0.05) is 19.0 Å². The molecule has 14 heavy (non-hydrogen) atoms. The maximum Gasteiger partial charge on any atom is 0.238 e. The average Bonchev–Trinajstić information content (AvgIpc) is 2.75. The summed E-state index contributed by atoms with van der Waals surface area (Å²) in [5.74, 6) is 1.08. The molecule has 0 aromatic heterocycles. The lowest BCUT2D eigenvalue weighted by Crippen LogP contribution is -2.46. The molecule has 1 aliphatic carbocycles. The van der Waals surface area contributed by atoms with E-state index in [1.165, 1.54) is 12.8 Å². The first-order valence-corrected chi connectivity index (χ1v) is 5.63. The molecule has 4 heteroatoms. The van der Waals surface area contributed by atoms with Crippen molar-refractivity contribution in [2.24, 2.45) is 5.92 Å². The van der Waals surface area contributed by atoms with Crippen molar-refractivity contribution >= 4 is 5.91 Å². The molecule has 1 amide bonds. The van der Waals surface area contributed by atoms with E-state index in [4.69, 9.17) is 0 Å². The smallest absolute Gasteiger partial charge is 0.238 e. The molecule has 2 saturated heterocycles. The molecule has 3 rings (SSSR count). The number of hydrazine groups is 1. The Hall–Kier alpha value is -0.610. The van der Waals surface area contributed by atoms with Crippen LogP contribution in [0.2, 0.25) is 0 Å². The summed E-state index contributed by atoms with van der Waals surface area (Å²) in [6.07, 6.45) is 4.43. The predicted molar refractivity (Wildman–Crippen MR) is 52.4 cm³/mol. The number of nitrogens with one attached hydrogen (secondary N) is 2. The third-order valence-corrected chi connectivity index (χ3v) is 3.56. The minimum Gasteiger partial charge on any atom is -0.315 e. The number of amides is 1. The van der Waals surface area contributed by atoms with E-state index in [9.17, 15) is 4.79 Å². The van der Waals surface area contributed by atoms with E-state index in [0.29, 0.717) is 18.0 Å². The maximum atomic E-state index is 11.7. The highest BCUT2D eigenvalue weighted by molar-refractivity contribution is 5.78. The highest BCUT2D eigenvalue weighted by atomic mass is 16.2. The number of hydrogen-bond donors (Lipinski definition) is 2. The summed E-state index contributed by atoms with van der Waals surface area (Å²) in [5, 5.41) is 5.19. The largest absolute Gasteiger partial charge is 0.315 e. The molecule has 1 saturated carbocycles. The molecule has 2 heterocycles. The van der Waals surface area contributed by atoms with Gasteiger partial charge >= 0.3 is 0 Å². The summed E-state index contributed by atoms with van der Waals surface area (Å²) in [7, 11) is 0. The van der Waals surface area contributed by atoms with E-state index in [0.717, 1.165) is 31.8 Å². The lowest BCUT2D eigenvalue weighted by atomic mass is 10.1. The quantitative estimate of drug-likeness (QED) is 0.645. The van der Waals surface area contributed by atoms with Gasteiger partial charge in [-0.25, -0.2) is 5.43 Å². The van der Waals surface area contributed by atoms with Crippen molar-refractivity contribution in [3.63, 3.8) is 0 Å². The van der Waals surface area contributed by atoms with Crippen molar-refractivity contribution in [3.8, 4) is 0 Å². The molecule has 0 spiro atoms. The fraction of sp³-hybridized carbons (Fsp3) is 0.900. The molecule has 0 radical (unpaired) electrons. The van der Waals surface area contributed by atoms with Crippen LogP contribution in [0.3, 0.4) is 0 Å². The molecule has 0 bridgehead atoms. The Kier molecular flexibility index (Phi) is 1.99. The van der Waals surface area contributed by atoms with Crippen LogP contribution >= 0.6 is 0 Å². The van der Waals surface area contributed by atoms with Gasteiger partial charge in [0.05, 0.1) is 6.04 Å². The summed E-state index contributed by atoms with van der Waals surface area (Å²) >= 11 is 0. The van der Waals surface area contributed by atoms with Crippen LogP contribution < -0.4 is 10.7 Å². The van der Waals surface area contributed by atoms with Gasteiger partial charge in [0.2, 0.25) is 5.91 Å². The predicted octanol–water partition coefficient (Wildman–Crippen LogP) is -0.136. The highest BCUT2D eigenvalue weighted by Crippen LogP contribution is 2.36. The second-order valence-corrected chi connectivity index (χ2v) is 4.69. The van der Waals surface area contributed by atoms with Gasteiger partial charge < -0.3 is 5.32 Å². The number of hydrogen-bond acceptors (Lipinski definition) is 3. The number of carbonyl (C=O) groups is 1. The van der Waals surface area contributed by atoms with E-state index >= 15 is 0 Å². The van der Waals surface area contributed by atoms with Gasteiger partial charge in [-0.05, 0) is 31.7 Å². The molecule has 0 aromatic rings. The fourth-order valence-corrected chi connectivity index (χ4v) is 2.52. The molecule has 2 unspecified atom stereocenters. The first-order chi connectivity index (χ1) is 6.84. The summed E-state index contributed by atoms with van der Waals surface area (Å²) in [6, 6.07) is 0.842. The van der Waals surface area contributed by atoms with Crippen LogP contribution in [0.15, 0.2) is 0 Å². The van der Waals surface area contributed by atoms with Gasteiger partial charge in [-0.1, -0.05) is 0 Å². The molecule has 0 aromatic carbocycles. The Morgan fingerprint density at radius 2 is 2.14 bits per heavy atom. The highest BCUT2D eigenvalue weighted by Gasteiger charge is 2.42. The van der Waals surface area contributed by atoms with Crippen molar-refractivity contribution < 1.29 is 4.79 Å². The zero-order valence-electron chi connectivity index (χ0n) is 8.33. The lowest BCUT2D eigenvalue weighted by molar-refractivity contribution is -0.131. The molecular weight excluding hydrogens is 178 g/mol. The lowest BCUT2D eigenvalue weighted by Gasteiger charge is -2.24. The van der Waals surface area contributed by atoms with E-state index in [1.54, 1.807) is 0 Å². The van der Waals surface area contributed by atoms with Crippen LogP contribution in [0.1, 0.15) is 25.7 Å². The fourth-order valence-electron chi connectivity index (χ4n) is 2.52. The Balaban J connectivity index is 1.65. The topological polar surface area (TPSA) is 44.4 Å². The minimum absolute atomic E-state index is 0.301. The van der Waals surface area contributed by atoms with E-state index < -0.39 is 0 Å². The second kappa shape index (κ2) is 3.21. The SMILES string of the molecule is O=C1CC(C2CC2)NN1C1CCNC1. The molecule has 4 nitrogen and oxygen atoms in total. The molecule has 3 fully saturated rings. The van der Waals surface area contributed by atoms with Crippen LogP contribution in [0.4, 0.5) is 0 Å². The normalized spacial score (nSPS) is 38.3. The minimum atomic E-state index is 0.301. The second-order valence-electron chi connectivity index (χ2n) is 4.69. The van der Waals surface area contributed by atoms with E-state index in [2.05, 4.69) is 10.7 Å². The number of carbonyl (C=O) groups excluding carboxylic acids is 1. The summed E-state index contributed by atoms with van der Waals surface area (Å²) < 4.78 is 0. The van der Waals surface area contributed by atoms with Gasteiger partial charge in [0.25, 0.3) is 0 Å². The maximum absolute atomic E-state index is 11.7. The summed E-state index contributed by atoms with van der Waals surface area (Å²) in [4.78, 5) is 11.7. The van der Waals surface area contributed by atoms with Gasteiger partial charge in [-0.15, -0.1) is 0 Å². The third-order valence-electron chi connectivity index (χ3n) is 3.56. The standard InChI is InChI=1S/C10H17N3O/c14-10-5-9(7-1-2-7)12-13(10)8-3-4-11-6-8/h7-9,11-12H,1-6H2. The van der Waals surface area contributed by atoms with Crippen molar-refractivity contribution in [2.75, 3.05) is 13.1 Å². The molecule has 2 N–H and O–H groups in total. The van der Waals surface area contributed by atoms with Gasteiger partial charge in [0.15, 0.2) is 0 Å². The van der Waals surface area contributed by atoms with Crippen LogP contribution in [-0.2, 0) is 4.79 Å². The Bertz CT molecular complexity index is 246. The first-order valence-electron chi connectivity index (χ1n) is 5.63. The molecule has 2 aliphatic heterocycles. The molecule has 2 atom stereocenters. The van der Waals surface area contributed by atoms with Crippen LogP contribution in [0.5, 0.6) is 0 Å². The van der Waals surface area contributed by atoms with Crippen molar-refractivity contribution in [3.05, 3.63) is 0 Å². The third kappa shape index (κ3) is 1.42. The number of rotatable bonds is 2. The zero-order valence-corrected chi connectivity index (χ0v) is 8.33. The Morgan fingerprint density at radius 3 is 2.79 bits per heavy atom. The zero-order chi connectivity index (χ0) is 9.54. The first kappa shape index (κ1) is 8.68. The number of nitrogens with zero attached hydrogens (tertiary/aromatic N) is 1. The van der Waals surface area contributed by atoms with Crippen molar-refractivity contribution in [2.45, 2.75) is 37.8 Å². The summed E-state index contributed by atoms with van der Waals surface area (Å²) in [6.45, 7) is 2.00. The van der Waals surface area contributed by atoms with Gasteiger partial charge in [-0.2, -0.15) is 0 Å². The summed E-state index contributed by atoms with van der Waals surface area (Å²) in [5.41, 5.74) is 3.39. The van der Waals surface area contributed by atoms with Crippen LogP contribution in [0, 0.1) is 5.92 Å². The molecule has 78 valence electrons. The van der Waals surface area contributed by atoms with E-state index in [-0.39, 0.29) is 0 Å². The Morgan fingerprint density at radius 1 is 1.29 bits per heavy atom. The monoisotopic (exact) mass is 195 g/mol. The van der Waals surface area contributed by atoms with Crippen molar-refractivity contribution in [1.82, 2.24) is 15.8 Å². The molecule has 3 aliphatic rings. The van der Waals surface area contributed by atoms with Gasteiger partial charge in [-0.3, -0.25) is 9.80 Å². The van der Waals surface area contributed by atoms with Gasteiger partial charge in [0.1, 0.15) is 0 Å². The molecular formula is C10H17N3O. The average molecular weight is 195 g/mol.